The third-order valence-corrected chi connectivity index (χ3v) is 2.95. The molecular weight excluding hydrogens is 234 g/mol. The van der Waals surface area contributed by atoms with Crippen LogP contribution in [0.5, 0.6) is 0 Å². The summed E-state index contributed by atoms with van der Waals surface area (Å²) in [6.45, 7) is 7.55. The molecule has 0 amide bonds. The van der Waals surface area contributed by atoms with Gasteiger partial charge in [-0.2, -0.15) is 0 Å². The number of carboxylic acid groups (broad SMARTS) is 1. The van der Waals surface area contributed by atoms with Crippen LogP contribution in [0.25, 0.3) is 0 Å². The van der Waals surface area contributed by atoms with E-state index in [1.165, 1.54) is 0 Å². The zero-order chi connectivity index (χ0) is 13.9. The molecule has 1 atom stereocenters. The van der Waals surface area contributed by atoms with Crippen LogP contribution in [-0.2, 0) is 9.53 Å². The summed E-state index contributed by atoms with van der Waals surface area (Å²) in [6.07, 6.45) is 0.0435. The molecular formula is C13H19NO4. The summed E-state index contributed by atoms with van der Waals surface area (Å²) in [5.41, 5.74) is 2.91. The number of ether oxygens (including phenoxy) is 1. The number of aromatic nitrogens is 1. The fourth-order valence-electron chi connectivity index (χ4n) is 2.28. The second-order valence-electron chi connectivity index (χ2n) is 4.38. The maximum Gasteiger partial charge on any atom is 0.355 e. The normalized spacial score (nSPS) is 12.2. The molecule has 5 nitrogen and oxygen atoms in total. The topological polar surface area (TPSA) is 79.4 Å². The van der Waals surface area contributed by atoms with Crippen molar-refractivity contribution >= 4 is 11.9 Å². The molecule has 1 aromatic heterocycles. The highest BCUT2D eigenvalue weighted by molar-refractivity contribution is 5.90. The number of carbonyl (C=O) groups is 2. The molecule has 0 unspecified atom stereocenters. The molecule has 1 heterocycles. The fourth-order valence-corrected chi connectivity index (χ4v) is 2.28. The lowest BCUT2D eigenvalue weighted by Gasteiger charge is -2.10. The summed E-state index contributed by atoms with van der Waals surface area (Å²) < 4.78 is 4.95. The van der Waals surface area contributed by atoms with Crippen molar-refractivity contribution in [3.8, 4) is 0 Å². The zero-order valence-corrected chi connectivity index (χ0v) is 11.2. The molecule has 0 fully saturated rings. The van der Waals surface area contributed by atoms with E-state index in [0.717, 1.165) is 16.8 Å². The predicted octanol–water partition coefficient (Wildman–Crippen LogP) is 2.39. The lowest BCUT2D eigenvalue weighted by atomic mass is 9.94. The molecule has 0 radical (unpaired) electrons. The number of rotatable bonds is 5. The smallest absolute Gasteiger partial charge is 0.355 e. The summed E-state index contributed by atoms with van der Waals surface area (Å²) in [6, 6.07) is 0. The zero-order valence-electron chi connectivity index (χ0n) is 11.2. The SMILES string of the molecule is CCOC(=O)c1[nH]c(C)c([C@@H](C)CC(=O)O)c1C. The Bertz CT molecular complexity index is 462. The first-order chi connectivity index (χ1) is 8.38. The van der Waals surface area contributed by atoms with Gasteiger partial charge in [0.1, 0.15) is 5.69 Å². The first kappa shape index (κ1) is 14.3. The third-order valence-electron chi connectivity index (χ3n) is 2.95. The quantitative estimate of drug-likeness (QED) is 0.790. The van der Waals surface area contributed by atoms with E-state index in [9.17, 15) is 9.59 Å². The summed E-state index contributed by atoms with van der Waals surface area (Å²) in [4.78, 5) is 25.4. The number of hydrogen-bond acceptors (Lipinski definition) is 3. The molecule has 0 saturated carbocycles. The molecule has 0 aliphatic heterocycles. The number of aryl methyl sites for hydroxylation is 1. The minimum Gasteiger partial charge on any atom is -0.481 e. The predicted molar refractivity (Wildman–Crippen MR) is 66.9 cm³/mol. The minimum atomic E-state index is -0.847. The van der Waals surface area contributed by atoms with Gasteiger partial charge in [-0.15, -0.1) is 0 Å². The van der Waals surface area contributed by atoms with Crippen LogP contribution in [0.3, 0.4) is 0 Å². The number of aromatic amines is 1. The minimum absolute atomic E-state index is 0.0435. The monoisotopic (exact) mass is 253 g/mol. The van der Waals surface area contributed by atoms with Crippen molar-refractivity contribution in [3.05, 3.63) is 22.5 Å². The first-order valence-electron chi connectivity index (χ1n) is 5.96. The van der Waals surface area contributed by atoms with Crippen LogP contribution < -0.4 is 0 Å². The van der Waals surface area contributed by atoms with Crippen molar-refractivity contribution in [1.82, 2.24) is 4.98 Å². The van der Waals surface area contributed by atoms with Gasteiger partial charge in [-0.1, -0.05) is 6.92 Å². The van der Waals surface area contributed by atoms with E-state index in [0.29, 0.717) is 12.3 Å². The van der Waals surface area contributed by atoms with Crippen molar-refractivity contribution in [2.24, 2.45) is 0 Å². The Morgan fingerprint density at radius 2 is 2.00 bits per heavy atom. The van der Waals surface area contributed by atoms with Crippen LogP contribution in [0.1, 0.15) is 53.5 Å². The molecule has 0 aliphatic carbocycles. The maximum absolute atomic E-state index is 11.7. The number of hydrogen-bond donors (Lipinski definition) is 2. The van der Waals surface area contributed by atoms with Gasteiger partial charge in [-0.05, 0) is 37.8 Å². The maximum atomic E-state index is 11.7. The van der Waals surface area contributed by atoms with Gasteiger partial charge in [0.2, 0.25) is 0 Å². The number of carbonyl (C=O) groups excluding carboxylic acids is 1. The van der Waals surface area contributed by atoms with E-state index in [4.69, 9.17) is 9.84 Å². The lowest BCUT2D eigenvalue weighted by Crippen LogP contribution is -2.07. The Balaban J connectivity index is 3.07. The Kier molecular flexibility index (Phi) is 4.53. The molecule has 0 saturated heterocycles. The molecule has 2 N–H and O–H groups in total. The van der Waals surface area contributed by atoms with Gasteiger partial charge in [-0.3, -0.25) is 4.79 Å². The average molecular weight is 253 g/mol. The second-order valence-corrected chi connectivity index (χ2v) is 4.38. The fraction of sp³-hybridized carbons (Fsp3) is 0.538. The van der Waals surface area contributed by atoms with Crippen LogP contribution >= 0.6 is 0 Å². The van der Waals surface area contributed by atoms with E-state index in [1.54, 1.807) is 6.92 Å². The van der Waals surface area contributed by atoms with Crippen LogP contribution in [0.4, 0.5) is 0 Å². The highest BCUT2D eigenvalue weighted by atomic mass is 16.5. The average Bonchev–Trinajstić information content (AvgIpc) is 2.53. The number of esters is 1. The van der Waals surface area contributed by atoms with Gasteiger partial charge in [0.25, 0.3) is 0 Å². The van der Waals surface area contributed by atoms with Crippen LogP contribution in [0.2, 0.25) is 0 Å². The van der Waals surface area contributed by atoms with Gasteiger partial charge in [0, 0.05) is 5.69 Å². The van der Waals surface area contributed by atoms with E-state index in [1.807, 2.05) is 20.8 Å². The van der Waals surface area contributed by atoms with Crippen molar-refractivity contribution in [1.29, 1.82) is 0 Å². The largest absolute Gasteiger partial charge is 0.481 e. The van der Waals surface area contributed by atoms with Gasteiger partial charge in [0.05, 0.1) is 13.0 Å². The molecule has 0 spiro atoms. The summed E-state index contributed by atoms with van der Waals surface area (Å²) in [5, 5.41) is 8.83. The molecule has 5 heteroatoms. The first-order valence-corrected chi connectivity index (χ1v) is 5.96. The summed E-state index contributed by atoms with van der Waals surface area (Å²) >= 11 is 0. The molecule has 100 valence electrons. The second kappa shape index (κ2) is 5.71. The summed E-state index contributed by atoms with van der Waals surface area (Å²) in [7, 11) is 0. The standard InChI is InChI=1S/C13H19NO4/c1-5-18-13(17)12-8(3)11(9(4)14-12)7(2)6-10(15)16/h7,14H,5-6H2,1-4H3,(H,15,16)/t7-/m0/s1. The molecule has 18 heavy (non-hydrogen) atoms. The van der Waals surface area contributed by atoms with Gasteiger partial charge in [-0.25, -0.2) is 4.79 Å². The Morgan fingerprint density at radius 3 is 2.50 bits per heavy atom. The van der Waals surface area contributed by atoms with Crippen LogP contribution in [0.15, 0.2) is 0 Å². The van der Waals surface area contributed by atoms with E-state index < -0.39 is 11.9 Å². The third kappa shape index (κ3) is 2.91. The Labute approximate surface area is 106 Å². The molecule has 1 rings (SSSR count). The van der Waals surface area contributed by atoms with Gasteiger partial charge < -0.3 is 14.8 Å². The van der Waals surface area contributed by atoms with Crippen molar-refractivity contribution in [2.75, 3.05) is 6.61 Å². The highest BCUT2D eigenvalue weighted by Gasteiger charge is 2.22. The number of aliphatic carboxylic acids is 1. The summed E-state index contributed by atoms with van der Waals surface area (Å²) in [5.74, 6) is -1.38. The lowest BCUT2D eigenvalue weighted by molar-refractivity contribution is -0.137. The molecule has 0 aromatic carbocycles. The molecule has 0 aliphatic rings. The number of carboxylic acids is 1. The van der Waals surface area contributed by atoms with Gasteiger partial charge >= 0.3 is 11.9 Å². The van der Waals surface area contributed by atoms with Crippen LogP contribution in [-0.4, -0.2) is 28.6 Å². The van der Waals surface area contributed by atoms with E-state index in [2.05, 4.69) is 4.98 Å². The molecule has 1 aromatic rings. The van der Waals surface area contributed by atoms with E-state index in [-0.39, 0.29) is 12.3 Å². The van der Waals surface area contributed by atoms with E-state index >= 15 is 0 Å². The highest BCUT2D eigenvalue weighted by Crippen LogP contribution is 2.28. The molecule has 0 bridgehead atoms. The number of H-pyrrole nitrogens is 1. The van der Waals surface area contributed by atoms with Crippen molar-refractivity contribution in [2.45, 2.75) is 40.0 Å². The van der Waals surface area contributed by atoms with Crippen molar-refractivity contribution < 1.29 is 19.4 Å². The van der Waals surface area contributed by atoms with Crippen molar-refractivity contribution in [3.63, 3.8) is 0 Å². The Hall–Kier alpha value is -1.78. The Morgan fingerprint density at radius 1 is 1.39 bits per heavy atom. The number of nitrogens with one attached hydrogen (secondary N) is 1. The van der Waals surface area contributed by atoms with Gasteiger partial charge in [0.15, 0.2) is 0 Å². The van der Waals surface area contributed by atoms with Crippen LogP contribution in [0, 0.1) is 13.8 Å².